The molecule has 5 heteroatoms. The van der Waals surface area contributed by atoms with Crippen LogP contribution >= 0.6 is 24.0 Å². The lowest BCUT2D eigenvalue weighted by Crippen LogP contribution is -2.41. The molecule has 0 aliphatic heterocycles. The van der Waals surface area contributed by atoms with E-state index in [9.17, 15) is 0 Å². The molecule has 114 valence electrons. The van der Waals surface area contributed by atoms with Crippen molar-refractivity contribution >= 4 is 29.9 Å². The van der Waals surface area contributed by atoms with E-state index >= 15 is 0 Å². The molecule has 1 saturated carbocycles. The normalized spacial score (nSPS) is 18.7. The van der Waals surface area contributed by atoms with Crippen molar-refractivity contribution in [1.29, 1.82) is 0 Å². The van der Waals surface area contributed by atoms with Gasteiger partial charge in [-0.2, -0.15) is 0 Å². The van der Waals surface area contributed by atoms with Crippen molar-refractivity contribution in [2.75, 3.05) is 13.2 Å². The lowest BCUT2D eigenvalue weighted by Gasteiger charge is -2.23. The predicted octanol–water partition coefficient (Wildman–Crippen LogP) is 2.64. The maximum Gasteiger partial charge on any atom is 0.188 e. The Morgan fingerprint density at radius 2 is 2.00 bits per heavy atom. The number of nitrogens with one attached hydrogen (secondary N) is 1. The number of nitrogens with zero attached hydrogens (tertiary/aromatic N) is 1. The molecule has 0 amide bonds. The molecule has 19 heavy (non-hydrogen) atoms. The van der Waals surface area contributed by atoms with Gasteiger partial charge in [-0.25, -0.2) is 0 Å². The fourth-order valence-electron chi connectivity index (χ4n) is 2.65. The number of hydrogen-bond acceptors (Lipinski definition) is 2. The number of guanidine groups is 1. The van der Waals surface area contributed by atoms with Gasteiger partial charge in [0.15, 0.2) is 5.96 Å². The van der Waals surface area contributed by atoms with Gasteiger partial charge < -0.3 is 16.2 Å². The number of aliphatic hydroxyl groups excluding tert-OH is 1. The van der Waals surface area contributed by atoms with Crippen LogP contribution in [-0.4, -0.2) is 30.3 Å². The van der Waals surface area contributed by atoms with E-state index in [4.69, 9.17) is 10.8 Å². The summed E-state index contributed by atoms with van der Waals surface area (Å²) >= 11 is 0. The van der Waals surface area contributed by atoms with Crippen LogP contribution in [0.15, 0.2) is 4.99 Å². The summed E-state index contributed by atoms with van der Waals surface area (Å²) in [4.78, 5) is 4.43. The molecule has 0 aromatic carbocycles. The van der Waals surface area contributed by atoms with Crippen LogP contribution in [0.2, 0.25) is 0 Å². The number of rotatable bonds is 7. The Morgan fingerprint density at radius 3 is 2.58 bits per heavy atom. The first-order valence-electron chi connectivity index (χ1n) is 7.43. The van der Waals surface area contributed by atoms with Crippen LogP contribution in [-0.2, 0) is 0 Å². The van der Waals surface area contributed by atoms with Gasteiger partial charge in [-0.3, -0.25) is 4.99 Å². The summed E-state index contributed by atoms with van der Waals surface area (Å²) in [5.41, 5.74) is 5.92. The third-order valence-corrected chi connectivity index (χ3v) is 3.71. The highest BCUT2D eigenvalue weighted by atomic mass is 127. The van der Waals surface area contributed by atoms with Gasteiger partial charge in [-0.05, 0) is 31.6 Å². The summed E-state index contributed by atoms with van der Waals surface area (Å²) in [6.07, 6.45) is 9.45. The maximum atomic E-state index is 8.99. The van der Waals surface area contributed by atoms with Crippen LogP contribution < -0.4 is 11.1 Å². The van der Waals surface area contributed by atoms with E-state index in [-0.39, 0.29) is 30.6 Å². The summed E-state index contributed by atoms with van der Waals surface area (Å²) in [5.74, 6) is 1.05. The summed E-state index contributed by atoms with van der Waals surface area (Å²) in [5, 5.41) is 12.3. The second-order valence-corrected chi connectivity index (χ2v) is 5.37. The molecular formula is C14H30IN3O. The van der Waals surface area contributed by atoms with Gasteiger partial charge in [-0.15, -0.1) is 24.0 Å². The molecule has 4 nitrogen and oxygen atoms in total. The first kappa shape index (κ1) is 19.0. The van der Waals surface area contributed by atoms with Crippen molar-refractivity contribution in [2.24, 2.45) is 16.6 Å². The average Bonchev–Trinajstić information content (AvgIpc) is 2.38. The first-order valence-corrected chi connectivity index (χ1v) is 7.43. The lowest BCUT2D eigenvalue weighted by molar-refractivity contribution is 0.253. The summed E-state index contributed by atoms with van der Waals surface area (Å²) in [7, 11) is 0. The van der Waals surface area contributed by atoms with E-state index in [0.717, 1.165) is 25.8 Å². The zero-order chi connectivity index (χ0) is 13.2. The van der Waals surface area contributed by atoms with E-state index in [1.54, 1.807) is 0 Å². The van der Waals surface area contributed by atoms with Gasteiger partial charge in [0.2, 0.25) is 0 Å². The zero-order valence-electron chi connectivity index (χ0n) is 12.1. The molecule has 0 saturated heterocycles. The molecule has 0 radical (unpaired) electrons. The highest BCUT2D eigenvalue weighted by molar-refractivity contribution is 14.0. The van der Waals surface area contributed by atoms with Crippen LogP contribution in [0.1, 0.15) is 58.3 Å². The van der Waals surface area contributed by atoms with E-state index in [2.05, 4.69) is 17.2 Å². The minimum Gasteiger partial charge on any atom is -0.396 e. The van der Waals surface area contributed by atoms with Crippen LogP contribution in [0, 0.1) is 5.92 Å². The van der Waals surface area contributed by atoms with Crippen LogP contribution in [0.5, 0.6) is 0 Å². The van der Waals surface area contributed by atoms with E-state index in [0.29, 0.717) is 17.9 Å². The largest absolute Gasteiger partial charge is 0.396 e. The lowest BCUT2D eigenvalue weighted by atomic mass is 9.96. The van der Waals surface area contributed by atoms with Crippen LogP contribution in [0.4, 0.5) is 0 Å². The van der Waals surface area contributed by atoms with Crippen molar-refractivity contribution in [2.45, 2.75) is 64.3 Å². The molecule has 1 aliphatic carbocycles. The van der Waals surface area contributed by atoms with Crippen molar-refractivity contribution < 1.29 is 5.11 Å². The molecule has 0 heterocycles. The second-order valence-electron chi connectivity index (χ2n) is 5.37. The highest BCUT2D eigenvalue weighted by Crippen LogP contribution is 2.17. The van der Waals surface area contributed by atoms with Gasteiger partial charge in [-0.1, -0.05) is 32.6 Å². The Labute approximate surface area is 134 Å². The Morgan fingerprint density at radius 1 is 1.32 bits per heavy atom. The third-order valence-electron chi connectivity index (χ3n) is 3.71. The summed E-state index contributed by atoms with van der Waals surface area (Å²) in [6.45, 7) is 3.15. The zero-order valence-corrected chi connectivity index (χ0v) is 14.4. The van der Waals surface area contributed by atoms with Crippen LogP contribution in [0.25, 0.3) is 0 Å². The predicted molar refractivity (Wildman–Crippen MR) is 92.0 cm³/mol. The molecule has 0 aromatic heterocycles. The van der Waals surface area contributed by atoms with Crippen LogP contribution in [0.3, 0.4) is 0 Å². The van der Waals surface area contributed by atoms with Crippen molar-refractivity contribution in [3.63, 3.8) is 0 Å². The molecule has 0 aromatic rings. The Balaban J connectivity index is 0.00000324. The first-order chi connectivity index (χ1) is 8.76. The van der Waals surface area contributed by atoms with Gasteiger partial charge in [0.1, 0.15) is 0 Å². The van der Waals surface area contributed by atoms with Gasteiger partial charge in [0.05, 0.1) is 0 Å². The Hall–Kier alpha value is -0.0400. The third kappa shape index (κ3) is 8.68. The molecular weight excluding hydrogens is 353 g/mol. The Kier molecular flexibility index (Phi) is 11.7. The van der Waals surface area contributed by atoms with Gasteiger partial charge in [0.25, 0.3) is 0 Å². The standard InChI is InChI=1S/C14H29N3O.HI/c1-2-6-12(9-10-18)11-16-14(15)17-13-7-4-3-5-8-13;/h12-13,18H,2-11H2,1H3,(H3,15,16,17);1H. The molecule has 1 fully saturated rings. The molecule has 1 rings (SSSR count). The molecule has 0 spiro atoms. The van der Waals surface area contributed by atoms with Gasteiger partial charge in [0, 0.05) is 19.2 Å². The second kappa shape index (κ2) is 11.8. The fourth-order valence-corrected chi connectivity index (χ4v) is 2.65. The smallest absolute Gasteiger partial charge is 0.188 e. The Bertz CT molecular complexity index is 237. The summed E-state index contributed by atoms with van der Waals surface area (Å²) < 4.78 is 0. The fraction of sp³-hybridized carbons (Fsp3) is 0.929. The monoisotopic (exact) mass is 383 g/mol. The molecule has 0 bridgehead atoms. The van der Waals surface area contributed by atoms with E-state index < -0.39 is 0 Å². The average molecular weight is 383 g/mol. The van der Waals surface area contributed by atoms with E-state index in [1.807, 2.05) is 0 Å². The quantitative estimate of drug-likeness (QED) is 0.360. The number of halogens is 1. The topological polar surface area (TPSA) is 70.6 Å². The number of aliphatic imine (C=N–C) groups is 1. The molecule has 1 aliphatic rings. The maximum absolute atomic E-state index is 8.99. The van der Waals surface area contributed by atoms with E-state index in [1.165, 1.54) is 32.1 Å². The minimum absolute atomic E-state index is 0. The highest BCUT2D eigenvalue weighted by Gasteiger charge is 2.13. The number of aliphatic hydroxyl groups is 1. The van der Waals surface area contributed by atoms with Crippen molar-refractivity contribution in [1.82, 2.24) is 5.32 Å². The molecule has 1 atom stereocenters. The molecule has 1 unspecified atom stereocenters. The summed E-state index contributed by atoms with van der Waals surface area (Å²) in [6, 6.07) is 0.518. The number of hydrogen-bond donors (Lipinski definition) is 3. The van der Waals surface area contributed by atoms with Crippen molar-refractivity contribution in [3.05, 3.63) is 0 Å². The SMILES string of the molecule is CCCC(CCO)CN=C(N)NC1CCCCC1.I. The van der Waals surface area contributed by atoms with Gasteiger partial charge >= 0.3 is 0 Å². The number of nitrogens with two attached hydrogens (primary N) is 1. The molecule has 4 N–H and O–H groups in total. The van der Waals surface area contributed by atoms with Crippen molar-refractivity contribution in [3.8, 4) is 0 Å². The minimum atomic E-state index is 0.